The SMILES string of the molecule is COc1ccc(S(=O)(=O)N2CCN(C(=O)C3CC(F)(F)CN3)CC2)cc1. The lowest BCUT2D eigenvalue weighted by Crippen LogP contribution is -2.54. The van der Waals surface area contributed by atoms with Gasteiger partial charge in [-0.3, -0.25) is 10.1 Å². The molecule has 26 heavy (non-hydrogen) atoms. The maximum absolute atomic E-state index is 13.3. The first kappa shape index (κ1) is 19.0. The number of benzene rings is 1. The zero-order valence-electron chi connectivity index (χ0n) is 14.3. The van der Waals surface area contributed by atoms with Crippen LogP contribution in [0.25, 0.3) is 0 Å². The number of hydrogen-bond acceptors (Lipinski definition) is 5. The average Bonchev–Trinajstić information content (AvgIpc) is 3.01. The zero-order valence-corrected chi connectivity index (χ0v) is 15.1. The Morgan fingerprint density at radius 1 is 1.19 bits per heavy atom. The largest absolute Gasteiger partial charge is 0.497 e. The summed E-state index contributed by atoms with van der Waals surface area (Å²) in [6.07, 6.45) is -0.518. The lowest BCUT2D eigenvalue weighted by atomic mass is 10.1. The predicted molar refractivity (Wildman–Crippen MR) is 89.7 cm³/mol. The van der Waals surface area contributed by atoms with Crippen LogP contribution in [-0.2, 0) is 14.8 Å². The monoisotopic (exact) mass is 389 g/mol. The molecule has 7 nitrogen and oxygen atoms in total. The summed E-state index contributed by atoms with van der Waals surface area (Å²) in [6.45, 7) is 0.109. The Morgan fingerprint density at radius 2 is 1.81 bits per heavy atom. The Morgan fingerprint density at radius 3 is 2.31 bits per heavy atom. The number of carbonyl (C=O) groups excluding carboxylic acids is 1. The van der Waals surface area contributed by atoms with Crippen LogP contribution in [0.1, 0.15) is 6.42 Å². The number of halogens is 2. The minimum Gasteiger partial charge on any atom is -0.497 e. The standard InChI is InChI=1S/C16H21F2N3O4S/c1-25-12-2-4-13(5-3-12)26(23,24)21-8-6-20(7-9-21)15(22)14-10-16(17,18)11-19-14/h2-5,14,19H,6-11H2,1H3. The highest BCUT2D eigenvalue weighted by Gasteiger charge is 2.44. The molecule has 2 heterocycles. The number of alkyl halides is 2. The average molecular weight is 389 g/mol. The molecule has 3 rings (SSSR count). The van der Waals surface area contributed by atoms with Gasteiger partial charge >= 0.3 is 0 Å². The van der Waals surface area contributed by atoms with Crippen LogP contribution in [0.2, 0.25) is 0 Å². The molecule has 1 atom stereocenters. The third-order valence-electron chi connectivity index (χ3n) is 4.66. The summed E-state index contributed by atoms with van der Waals surface area (Å²) < 4.78 is 58.2. The maximum atomic E-state index is 13.3. The van der Waals surface area contributed by atoms with Gasteiger partial charge in [-0.2, -0.15) is 4.31 Å². The fraction of sp³-hybridized carbons (Fsp3) is 0.562. The molecule has 1 aromatic carbocycles. The number of ether oxygens (including phenoxy) is 1. The summed E-state index contributed by atoms with van der Waals surface area (Å²) in [7, 11) is -2.17. The summed E-state index contributed by atoms with van der Waals surface area (Å²) in [4.78, 5) is 13.9. The quantitative estimate of drug-likeness (QED) is 0.813. The highest BCUT2D eigenvalue weighted by Crippen LogP contribution is 2.27. The van der Waals surface area contributed by atoms with Crippen LogP contribution in [0, 0.1) is 0 Å². The van der Waals surface area contributed by atoms with Gasteiger partial charge in [0.05, 0.1) is 24.6 Å². The van der Waals surface area contributed by atoms with Crippen molar-refractivity contribution in [2.24, 2.45) is 0 Å². The molecule has 0 aliphatic carbocycles. The first-order chi connectivity index (χ1) is 12.2. The van der Waals surface area contributed by atoms with Gasteiger partial charge < -0.3 is 9.64 Å². The van der Waals surface area contributed by atoms with E-state index in [1.807, 2.05) is 0 Å². The highest BCUT2D eigenvalue weighted by atomic mass is 32.2. The number of carbonyl (C=O) groups is 1. The van der Waals surface area contributed by atoms with Gasteiger partial charge in [0.2, 0.25) is 15.9 Å². The van der Waals surface area contributed by atoms with Crippen LogP contribution in [0.5, 0.6) is 5.75 Å². The van der Waals surface area contributed by atoms with E-state index in [1.165, 1.54) is 28.4 Å². The summed E-state index contributed by atoms with van der Waals surface area (Å²) >= 11 is 0. The van der Waals surface area contributed by atoms with Gasteiger partial charge in [0.15, 0.2) is 0 Å². The molecule has 0 spiro atoms. The predicted octanol–water partition coefficient (Wildman–Crippen LogP) is 0.525. The van der Waals surface area contributed by atoms with E-state index in [1.54, 1.807) is 12.1 Å². The third kappa shape index (κ3) is 3.81. The van der Waals surface area contributed by atoms with E-state index in [2.05, 4.69) is 5.32 Å². The van der Waals surface area contributed by atoms with Gasteiger partial charge in [0.25, 0.3) is 5.92 Å². The number of nitrogens with one attached hydrogen (secondary N) is 1. The van der Waals surface area contributed by atoms with Gasteiger partial charge in [-0.1, -0.05) is 0 Å². The number of methoxy groups -OCH3 is 1. The summed E-state index contributed by atoms with van der Waals surface area (Å²) in [5.74, 6) is -2.72. The number of piperazine rings is 1. The molecular formula is C16H21F2N3O4S. The molecule has 0 radical (unpaired) electrons. The van der Waals surface area contributed by atoms with Crippen LogP contribution in [0.4, 0.5) is 8.78 Å². The summed E-state index contributed by atoms with van der Waals surface area (Å²) in [5, 5.41) is 2.54. The molecule has 144 valence electrons. The Hall–Kier alpha value is -1.78. The molecule has 1 aromatic rings. The van der Waals surface area contributed by atoms with Crippen molar-refractivity contribution >= 4 is 15.9 Å². The van der Waals surface area contributed by atoms with Crippen LogP contribution >= 0.6 is 0 Å². The van der Waals surface area contributed by atoms with Crippen LogP contribution in [0.3, 0.4) is 0 Å². The van der Waals surface area contributed by atoms with Crippen molar-refractivity contribution in [3.63, 3.8) is 0 Å². The number of rotatable bonds is 4. The van der Waals surface area contributed by atoms with Crippen molar-refractivity contribution in [2.75, 3.05) is 39.8 Å². The Balaban J connectivity index is 1.61. The summed E-state index contributed by atoms with van der Waals surface area (Å²) in [5.41, 5.74) is 0. The first-order valence-electron chi connectivity index (χ1n) is 8.27. The van der Waals surface area contributed by atoms with Crippen LogP contribution in [0.15, 0.2) is 29.2 Å². The minimum absolute atomic E-state index is 0.128. The van der Waals surface area contributed by atoms with E-state index in [4.69, 9.17) is 4.74 Å². The van der Waals surface area contributed by atoms with E-state index in [-0.39, 0.29) is 31.1 Å². The van der Waals surface area contributed by atoms with Crippen molar-refractivity contribution in [2.45, 2.75) is 23.3 Å². The molecule has 1 unspecified atom stereocenters. The number of sulfonamides is 1. The second kappa shape index (κ2) is 7.09. The van der Waals surface area contributed by atoms with Gasteiger partial charge in [0, 0.05) is 32.6 Å². The van der Waals surface area contributed by atoms with E-state index in [9.17, 15) is 22.0 Å². The fourth-order valence-electron chi connectivity index (χ4n) is 3.16. The van der Waals surface area contributed by atoms with Gasteiger partial charge in [-0.15, -0.1) is 0 Å². The molecule has 10 heteroatoms. The van der Waals surface area contributed by atoms with E-state index in [0.29, 0.717) is 5.75 Å². The lowest BCUT2D eigenvalue weighted by molar-refractivity contribution is -0.134. The van der Waals surface area contributed by atoms with Gasteiger partial charge in [-0.25, -0.2) is 17.2 Å². The van der Waals surface area contributed by atoms with Crippen molar-refractivity contribution in [3.05, 3.63) is 24.3 Å². The number of hydrogen-bond donors (Lipinski definition) is 1. The number of amides is 1. The fourth-order valence-corrected chi connectivity index (χ4v) is 4.58. The molecule has 0 bridgehead atoms. The Labute approximate surface area is 151 Å². The maximum Gasteiger partial charge on any atom is 0.262 e. The van der Waals surface area contributed by atoms with Gasteiger partial charge in [0.1, 0.15) is 5.75 Å². The van der Waals surface area contributed by atoms with Gasteiger partial charge in [-0.05, 0) is 24.3 Å². The van der Waals surface area contributed by atoms with E-state index >= 15 is 0 Å². The first-order valence-corrected chi connectivity index (χ1v) is 9.71. The van der Waals surface area contributed by atoms with Crippen molar-refractivity contribution in [3.8, 4) is 5.75 Å². The highest BCUT2D eigenvalue weighted by molar-refractivity contribution is 7.89. The zero-order chi connectivity index (χ0) is 18.9. The van der Waals surface area contributed by atoms with Crippen LogP contribution < -0.4 is 10.1 Å². The minimum atomic E-state index is -3.67. The second-order valence-corrected chi connectivity index (χ2v) is 8.34. The second-order valence-electron chi connectivity index (χ2n) is 6.40. The topological polar surface area (TPSA) is 79.0 Å². The molecule has 1 N–H and O–H groups in total. The van der Waals surface area contributed by atoms with Crippen molar-refractivity contribution in [1.29, 1.82) is 0 Å². The number of nitrogens with zero attached hydrogens (tertiary/aromatic N) is 2. The van der Waals surface area contributed by atoms with Crippen molar-refractivity contribution < 1.29 is 26.7 Å². The Bertz CT molecular complexity index is 762. The third-order valence-corrected chi connectivity index (χ3v) is 6.57. The molecule has 2 aliphatic heterocycles. The molecule has 0 aromatic heterocycles. The molecular weight excluding hydrogens is 368 g/mol. The van der Waals surface area contributed by atoms with E-state index in [0.717, 1.165) is 0 Å². The molecule has 1 amide bonds. The van der Waals surface area contributed by atoms with Crippen molar-refractivity contribution in [1.82, 2.24) is 14.5 Å². The molecule has 2 saturated heterocycles. The smallest absolute Gasteiger partial charge is 0.262 e. The Kier molecular flexibility index (Phi) is 5.18. The molecule has 2 aliphatic rings. The normalized spacial score (nSPS) is 23.8. The lowest BCUT2D eigenvalue weighted by Gasteiger charge is -2.35. The summed E-state index contributed by atoms with van der Waals surface area (Å²) in [6, 6.07) is 5.17. The molecule has 0 saturated carbocycles. The van der Waals surface area contributed by atoms with Crippen LogP contribution in [-0.4, -0.2) is 75.3 Å². The van der Waals surface area contributed by atoms with E-state index < -0.39 is 40.9 Å². The molecule has 2 fully saturated rings.